The SMILES string of the molecule is CCOCc1ccccc1CNC(=O)C(CCSC)NC(=O)c1ccccc1OC. The van der Waals surface area contributed by atoms with E-state index in [4.69, 9.17) is 9.47 Å². The van der Waals surface area contributed by atoms with Crippen LogP contribution in [0.3, 0.4) is 0 Å². The summed E-state index contributed by atoms with van der Waals surface area (Å²) < 4.78 is 10.8. The van der Waals surface area contributed by atoms with Crippen molar-refractivity contribution in [2.24, 2.45) is 0 Å². The van der Waals surface area contributed by atoms with Crippen LogP contribution in [-0.2, 0) is 22.7 Å². The van der Waals surface area contributed by atoms with Crippen LogP contribution in [0.1, 0.15) is 34.8 Å². The molecule has 30 heavy (non-hydrogen) atoms. The van der Waals surface area contributed by atoms with E-state index < -0.39 is 6.04 Å². The van der Waals surface area contributed by atoms with Gasteiger partial charge in [0.2, 0.25) is 5.91 Å². The van der Waals surface area contributed by atoms with E-state index in [9.17, 15) is 9.59 Å². The maximum Gasteiger partial charge on any atom is 0.255 e. The third-order valence-electron chi connectivity index (χ3n) is 4.62. The molecule has 2 amide bonds. The van der Waals surface area contributed by atoms with Crippen molar-refractivity contribution in [2.45, 2.75) is 32.5 Å². The molecule has 1 atom stereocenters. The second-order valence-electron chi connectivity index (χ2n) is 6.63. The van der Waals surface area contributed by atoms with E-state index >= 15 is 0 Å². The Kier molecular flexibility index (Phi) is 10.2. The molecule has 1 unspecified atom stereocenters. The first kappa shape index (κ1) is 23.8. The molecular formula is C23H30N2O4S. The summed E-state index contributed by atoms with van der Waals surface area (Å²) in [5, 5.41) is 5.82. The second-order valence-corrected chi connectivity index (χ2v) is 7.62. The van der Waals surface area contributed by atoms with E-state index in [-0.39, 0.29) is 11.8 Å². The number of thioether (sulfide) groups is 1. The molecule has 0 aromatic heterocycles. The van der Waals surface area contributed by atoms with Gasteiger partial charge in [-0.2, -0.15) is 11.8 Å². The lowest BCUT2D eigenvalue weighted by Gasteiger charge is -2.19. The lowest BCUT2D eigenvalue weighted by molar-refractivity contribution is -0.123. The molecule has 0 aliphatic heterocycles. The second kappa shape index (κ2) is 12.9. The lowest BCUT2D eigenvalue weighted by Crippen LogP contribution is -2.47. The zero-order valence-corrected chi connectivity index (χ0v) is 18.6. The molecule has 0 saturated carbocycles. The van der Waals surface area contributed by atoms with Gasteiger partial charge in [-0.3, -0.25) is 9.59 Å². The number of hydrogen-bond acceptors (Lipinski definition) is 5. The number of hydrogen-bond donors (Lipinski definition) is 2. The van der Waals surface area contributed by atoms with Crippen molar-refractivity contribution in [2.75, 3.05) is 25.7 Å². The Hall–Kier alpha value is -2.51. The van der Waals surface area contributed by atoms with Gasteiger partial charge in [-0.05, 0) is 48.6 Å². The van der Waals surface area contributed by atoms with Crippen molar-refractivity contribution in [3.05, 3.63) is 65.2 Å². The first-order valence-electron chi connectivity index (χ1n) is 9.95. The summed E-state index contributed by atoms with van der Waals surface area (Å²) in [4.78, 5) is 25.6. The molecular weight excluding hydrogens is 400 g/mol. The molecule has 2 aromatic rings. The normalized spacial score (nSPS) is 11.6. The highest BCUT2D eigenvalue weighted by molar-refractivity contribution is 7.98. The molecule has 2 aromatic carbocycles. The fraction of sp³-hybridized carbons (Fsp3) is 0.391. The van der Waals surface area contributed by atoms with Crippen LogP contribution in [0.4, 0.5) is 0 Å². The van der Waals surface area contributed by atoms with Crippen molar-refractivity contribution in [1.29, 1.82) is 0 Å². The van der Waals surface area contributed by atoms with E-state index in [1.807, 2.05) is 37.4 Å². The molecule has 0 radical (unpaired) electrons. The predicted molar refractivity (Wildman–Crippen MR) is 121 cm³/mol. The van der Waals surface area contributed by atoms with E-state index in [1.165, 1.54) is 7.11 Å². The average Bonchev–Trinajstić information content (AvgIpc) is 2.79. The molecule has 2 rings (SSSR count). The number of ether oxygens (including phenoxy) is 2. The van der Waals surface area contributed by atoms with Gasteiger partial charge in [0.25, 0.3) is 5.91 Å². The fourth-order valence-corrected chi connectivity index (χ4v) is 3.43. The summed E-state index contributed by atoms with van der Waals surface area (Å²) in [5.74, 6) is 0.693. The highest BCUT2D eigenvalue weighted by Crippen LogP contribution is 2.17. The summed E-state index contributed by atoms with van der Waals surface area (Å²) in [6.45, 7) is 3.46. The van der Waals surface area contributed by atoms with E-state index in [1.54, 1.807) is 36.0 Å². The van der Waals surface area contributed by atoms with Gasteiger partial charge >= 0.3 is 0 Å². The molecule has 0 aliphatic carbocycles. The van der Waals surface area contributed by atoms with E-state index in [2.05, 4.69) is 10.6 Å². The Balaban J connectivity index is 2.06. The van der Waals surface area contributed by atoms with Gasteiger partial charge in [-0.15, -0.1) is 0 Å². The summed E-state index contributed by atoms with van der Waals surface area (Å²) in [5.41, 5.74) is 2.45. The molecule has 0 aliphatic rings. The lowest BCUT2D eigenvalue weighted by atomic mass is 10.1. The number of nitrogens with one attached hydrogen (secondary N) is 2. The molecule has 0 heterocycles. The number of methoxy groups -OCH3 is 1. The van der Waals surface area contributed by atoms with Crippen LogP contribution < -0.4 is 15.4 Å². The Labute approximate surface area is 182 Å². The summed E-state index contributed by atoms with van der Waals surface area (Å²) in [6, 6.07) is 14.2. The Morgan fingerprint density at radius 2 is 1.77 bits per heavy atom. The largest absolute Gasteiger partial charge is 0.496 e. The quantitative estimate of drug-likeness (QED) is 0.540. The molecule has 0 saturated heterocycles. The zero-order valence-electron chi connectivity index (χ0n) is 17.8. The molecule has 162 valence electrons. The number of benzene rings is 2. The smallest absolute Gasteiger partial charge is 0.255 e. The number of rotatable bonds is 12. The van der Waals surface area contributed by atoms with Gasteiger partial charge in [0.15, 0.2) is 0 Å². The third kappa shape index (κ3) is 7.07. The average molecular weight is 431 g/mol. The molecule has 6 nitrogen and oxygen atoms in total. The molecule has 2 N–H and O–H groups in total. The zero-order chi connectivity index (χ0) is 21.8. The topological polar surface area (TPSA) is 76.7 Å². The molecule has 0 bridgehead atoms. The number of carbonyl (C=O) groups excluding carboxylic acids is 2. The van der Waals surface area contributed by atoms with Crippen LogP contribution in [0.15, 0.2) is 48.5 Å². The van der Waals surface area contributed by atoms with Crippen LogP contribution >= 0.6 is 11.8 Å². The highest BCUT2D eigenvalue weighted by Gasteiger charge is 2.22. The highest BCUT2D eigenvalue weighted by atomic mass is 32.2. The maximum atomic E-state index is 12.9. The van der Waals surface area contributed by atoms with Crippen LogP contribution in [0, 0.1) is 0 Å². The van der Waals surface area contributed by atoms with E-state index in [0.29, 0.717) is 37.5 Å². The molecule has 0 fully saturated rings. The summed E-state index contributed by atoms with van der Waals surface area (Å²) in [7, 11) is 1.52. The first-order chi connectivity index (χ1) is 14.6. The number of amides is 2. The molecule has 0 spiro atoms. The van der Waals surface area contributed by atoms with Gasteiger partial charge < -0.3 is 20.1 Å². The monoisotopic (exact) mass is 430 g/mol. The van der Waals surface area contributed by atoms with Crippen LogP contribution in [0.25, 0.3) is 0 Å². The summed E-state index contributed by atoms with van der Waals surface area (Å²) >= 11 is 1.63. The minimum atomic E-state index is -0.631. The Morgan fingerprint density at radius 1 is 1.07 bits per heavy atom. The fourth-order valence-electron chi connectivity index (χ4n) is 2.96. The molecule has 7 heteroatoms. The van der Waals surface area contributed by atoms with Gasteiger partial charge in [-0.1, -0.05) is 36.4 Å². The number of para-hydroxylation sites is 1. The van der Waals surface area contributed by atoms with Crippen LogP contribution in [0.2, 0.25) is 0 Å². The Bertz CT molecular complexity index is 828. The van der Waals surface area contributed by atoms with Gasteiger partial charge in [-0.25, -0.2) is 0 Å². The van der Waals surface area contributed by atoms with Crippen molar-refractivity contribution in [1.82, 2.24) is 10.6 Å². The van der Waals surface area contributed by atoms with Crippen molar-refractivity contribution in [3.8, 4) is 5.75 Å². The standard InChI is InChI=1S/C23H30N2O4S/c1-4-29-16-18-10-6-5-9-17(18)15-24-23(27)20(13-14-30-3)25-22(26)19-11-7-8-12-21(19)28-2/h5-12,20H,4,13-16H2,1-3H3,(H,24,27)(H,25,26). The number of carbonyl (C=O) groups is 2. The third-order valence-corrected chi connectivity index (χ3v) is 5.26. The van der Waals surface area contributed by atoms with Crippen molar-refractivity contribution in [3.63, 3.8) is 0 Å². The van der Waals surface area contributed by atoms with Crippen molar-refractivity contribution < 1.29 is 19.1 Å². The maximum absolute atomic E-state index is 12.9. The van der Waals surface area contributed by atoms with E-state index in [0.717, 1.165) is 16.9 Å². The predicted octanol–water partition coefficient (Wildman–Crippen LogP) is 3.40. The van der Waals surface area contributed by atoms with Gasteiger partial charge in [0, 0.05) is 13.2 Å². The van der Waals surface area contributed by atoms with Crippen LogP contribution in [-0.4, -0.2) is 43.6 Å². The minimum absolute atomic E-state index is 0.210. The van der Waals surface area contributed by atoms with Gasteiger partial charge in [0.05, 0.1) is 19.3 Å². The van der Waals surface area contributed by atoms with Gasteiger partial charge in [0.1, 0.15) is 11.8 Å². The first-order valence-corrected chi connectivity index (χ1v) is 11.3. The minimum Gasteiger partial charge on any atom is -0.496 e. The van der Waals surface area contributed by atoms with Crippen molar-refractivity contribution >= 4 is 23.6 Å². The van der Waals surface area contributed by atoms with Crippen LogP contribution in [0.5, 0.6) is 5.75 Å². The Morgan fingerprint density at radius 3 is 2.47 bits per heavy atom. The summed E-state index contributed by atoms with van der Waals surface area (Å²) in [6.07, 6.45) is 2.51.